The minimum absolute atomic E-state index is 0.0111. The number of sulfonamides is 1. The molecule has 3 rings (SSSR count). The third-order valence-electron chi connectivity index (χ3n) is 5.99. The molecular formula is C26H34N4O5S. The number of rotatable bonds is 6. The molecule has 0 spiro atoms. The summed E-state index contributed by atoms with van der Waals surface area (Å²) in [4.78, 5) is 22.4. The van der Waals surface area contributed by atoms with Crippen molar-refractivity contribution in [2.75, 3.05) is 26.7 Å². The van der Waals surface area contributed by atoms with E-state index in [0.717, 1.165) is 0 Å². The summed E-state index contributed by atoms with van der Waals surface area (Å²) in [5, 5.41) is 9.79. The van der Waals surface area contributed by atoms with Crippen LogP contribution in [-0.4, -0.2) is 77.5 Å². The lowest BCUT2D eigenvalue weighted by molar-refractivity contribution is 0.0559. The van der Waals surface area contributed by atoms with Crippen molar-refractivity contribution in [2.24, 2.45) is 11.8 Å². The van der Waals surface area contributed by atoms with Crippen molar-refractivity contribution in [3.8, 4) is 17.6 Å². The molecule has 0 radical (unpaired) electrons. The maximum atomic E-state index is 13.6. The maximum absolute atomic E-state index is 13.6. The molecular weight excluding hydrogens is 480 g/mol. The normalized spacial score (nSPS) is 20.2. The van der Waals surface area contributed by atoms with Crippen molar-refractivity contribution >= 4 is 15.9 Å². The second-order valence-electron chi connectivity index (χ2n) is 9.58. The molecule has 2 heterocycles. The molecule has 1 aromatic heterocycles. The summed E-state index contributed by atoms with van der Waals surface area (Å²) in [5.74, 6) is 6.18. The molecule has 1 aliphatic rings. The van der Waals surface area contributed by atoms with E-state index in [1.165, 1.54) is 33.9 Å². The van der Waals surface area contributed by atoms with Gasteiger partial charge in [0.25, 0.3) is 5.91 Å². The molecule has 0 saturated carbocycles. The predicted molar refractivity (Wildman–Crippen MR) is 136 cm³/mol. The van der Waals surface area contributed by atoms with Gasteiger partial charge in [-0.2, -0.15) is 4.31 Å². The van der Waals surface area contributed by atoms with Gasteiger partial charge >= 0.3 is 0 Å². The van der Waals surface area contributed by atoms with Crippen LogP contribution in [-0.2, 0) is 10.0 Å². The molecule has 1 amide bonds. The Kier molecular flexibility index (Phi) is 9.06. The minimum atomic E-state index is -3.95. The number of nitrogens with zero attached hydrogens (tertiary/aromatic N) is 4. The van der Waals surface area contributed by atoms with Crippen molar-refractivity contribution in [2.45, 2.75) is 51.2 Å². The van der Waals surface area contributed by atoms with Gasteiger partial charge in [-0.3, -0.25) is 9.78 Å². The largest absolute Gasteiger partial charge is 0.487 e. The standard InChI is InChI=1S/C26H34N4O5S/c1-18(2)7-6-8-21-9-10-25-23(13-21)35-24(16-29(5)26(32)22-14-27-11-12-28-22)19(3)15-30(20(4)17-31)36(25,33)34/h9-14,18-20,24,31H,7,15-17H2,1-5H3/t19-,20-,24+/m1/s1. The number of benzene rings is 1. The highest BCUT2D eigenvalue weighted by molar-refractivity contribution is 7.89. The first-order chi connectivity index (χ1) is 17.0. The Balaban J connectivity index is 2.00. The van der Waals surface area contributed by atoms with Crippen LogP contribution in [0.15, 0.2) is 41.7 Å². The Bertz CT molecular complexity index is 1220. The smallest absolute Gasteiger partial charge is 0.273 e. The zero-order valence-corrected chi connectivity index (χ0v) is 22.2. The van der Waals surface area contributed by atoms with Crippen molar-refractivity contribution in [1.29, 1.82) is 0 Å². The number of aliphatic hydroxyl groups is 1. The second kappa shape index (κ2) is 11.8. The zero-order chi connectivity index (χ0) is 26.5. The van der Waals surface area contributed by atoms with Crippen LogP contribution in [0.2, 0.25) is 0 Å². The quantitative estimate of drug-likeness (QED) is 0.589. The van der Waals surface area contributed by atoms with Gasteiger partial charge in [0, 0.05) is 49.9 Å². The fourth-order valence-corrected chi connectivity index (χ4v) is 5.66. The first-order valence-electron chi connectivity index (χ1n) is 12.0. The van der Waals surface area contributed by atoms with Gasteiger partial charge < -0.3 is 14.7 Å². The summed E-state index contributed by atoms with van der Waals surface area (Å²) in [7, 11) is -2.30. The third-order valence-corrected chi connectivity index (χ3v) is 8.01. The van der Waals surface area contributed by atoms with Crippen molar-refractivity contribution in [3.05, 3.63) is 48.0 Å². The Hall–Kier alpha value is -3.00. The van der Waals surface area contributed by atoms with E-state index in [9.17, 15) is 18.3 Å². The Labute approximate surface area is 213 Å². The lowest BCUT2D eigenvalue weighted by Crippen LogP contribution is -2.50. The molecule has 0 unspecified atom stereocenters. The number of carbonyl (C=O) groups is 1. The molecule has 9 nitrogen and oxygen atoms in total. The summed E-state index contributed by atoms with van der Waals surface area (Å²) in [5.41, 5.74) is 0.849. The second-order valence-corrected chi connectivity index (χ2v) is 11.4. The number of hydrogen-bond donors (Lipinski definition) is 1. The summed E-state index contributed by atoms with van der Waals surface area (Å²) in [6, 6.07) is 4.17. The molecule has 1 N–H and O–H groups in total. The Morgan fingerprint density at radius 1 is 1.31 bits per heavy atom. The first kappa shape index (κ1) is 27.6. The molecule has 0 fully saturated rings. The average Bonchev–Trinajstić information content (AvgIpc) is 2.85. The molecule has 0 aliphatic carbocycles. The van der Waals surface area contributed by atoms with Crippen molar-refractivity contribution < 1.29 is 23.1 Å². The van der Waals surface area contributed by atoms with E-state index in [1.54, 1.807) is 26.1 Å². The highest BCUT2D eigenvalue weighted by Crippen LogP contribution is 2.34. The van der Waals surface area contributed by atoms with Gasteiger partial charge in [0.15, 0.2) is 0 Å². The fraction of sp³-hybridized carbons (Fsp3) is 0.500. The molecule has 10 heteroatoms. The highest BCUT2D eigenvalue weighted by atomic mass is 32.2. The van der Waals surface area contributed by atoms with Gasteiger partial charge in [0.2, 0.25) is 10.0 Å². The van der Waals surface area contributed by atoms with E-state index in [1.807, 2.05) is 6.92 Å². The van der Waals surface area contributed by atoms with Gasteiger partial charge in [-0.25, -0.2) is 13.4 Å². The Morgan fingerprint density at radius 3 is 2.69 bits per heavy atom. The number of aromatic nitrogens is 2. The van der Waals surface area contributed by atoms with Gasteiger partial charge in [0.1, 0.15) is 22.4 Å². The molecule has 2 aromatic rings. The van der Waals surface area contributed by atoms with Crippen LogP contribution in [0.1, 0.15) is 50.2 Å². The van der Waals surface area contributed by atoms with E-state index < -0.39 is 22.2 Å². The lowest BCUT2D eigenvalue weighted by Gasteiger charge is -2.37. The molecule has 1 aliphatic heterocycles. The fourth-order valence-electron chi connectivity index (χ4n) is 3.84. The number of hydrogen-bond acceptors (Lipinski definition) is 7. The van der Waals surface area contributed by atoms with Crippen molar-refractivity contribution in [3.63, 3.8) is 0 Å². The van der Waals surface area contributed by atoms with Crippen LogP contribution in [0.5, 0.6) is 5.75 Å². The lowest BCUT2D eigenvalue weighted by atomic mass is 10.0. The summed E-state index contributed by atoms with van der Waals surface area (Å²) < 4.78 is 34.8. The van der Waals surface area contributed by atoms with E-state index in [-0.39, 0.29) is 47.9 Å². The topological polar surface area (TPSA) is 113 Å². The molecule has 36 heavy (non-hydrogen) atoms. The summed E-state index contributed by atoms with van der Waals surface area (Å²) in [6.07, 6.45) is 4.53. The summed E-state index contributed by atoms with van der Waals surface area (Å²) >= 11 is 0. The number of amides is 1. The number of aliphatic hydroxyl groups excluding tert-OH is 1. The van der Waals surface area contributed by atoms with E-state index in [4.69, 9.17) is 4.74 Å². The minimum Gasteiger partial charge on any atom is -0.487 e. The molecule has 1 aromatic carbocycles. The monoisotopic (exact) mass is 514 g/mol. The molecule has 0 saturated heterocycles. The van der Waals surface area contributed by atoms with Gasteiger partial charge in [0.05, 0.1) is 19.3 Å². The van der Waals surface area contributed by atoms with Crippen LogP contribution in [0.25, 0.3) is 0 Å². The first-order valence-corrected chi connectivity index (χ1v) is 13.4. The van der Waals surface area contributed by atoms with Crippen LogP contribution in [0, 0.1) is 23.7 Å². The van der Waals surface area contributed by atoms with Gasteiger partial charge in [-0.15, -0.1) is 0 Å². The molecule has 0 bridgehead atoms. The van der Waals surface area contributed by atoms with Gasteiger partial charge in [-0.1, -0.05) is 32.6 Å². The average molecular weight is 515 g/mol. The van der Waals surface area contributed by atoms with Gasteiger partial charge in [-0.05, 0) is 31.0 Å². The summed E-state index contributed by atoms with van der Waals surface area (Å²) in [6.45, 7) is 7.68. The van der Waals surface area contributed by atoms with Crippen LogP contribution in [0.3, 0.4) is 0 Å². The van der Waals surface area contributed by atoms with Crippen LogP contribution in [0.4, 0.5) is 0 Å². The van der Waals surface area contributed by atoms with E-state index in [2.05, 4.69) is 35.7 Å². The maximum Gasteiger partial charge on any atom is 0.273 e. The number of carbonyl (C=O) groups excluding carboxylic acids is 1. The number of likely N-dealkylation sites (N-methyl/N-ethyl adjacent to an activating group) is 1. The Morgan fingerprint density at radius 2 is 2.06 bits per heavy atom. The molecule has 3 atom stereocenters. The van der Waals surface area contributed by atoms with Crippen molar-refractivity contribution in [1.82, 2.24) is 19.2 Å². The number of fused-ring (bicyclic) bond motifs is 1. The zero-order valence-electron chi connectivity index (χ0n) is 21.4. The highest BCUT2D eigenvalue weighted by Gasteiger charge is 2.38. The molecule has 194 valence electrons. The van der Waals surface area contributed by atoms with E-state index in [0.29, 0.717) is 17.9 Å². The van der Waals surface area contributed by atoms with E-state index >= 15 is 0 Å². The third kappa shape index (κ3) is 6.40. The van der Waals surface area contributed by atoms with Crippen LogP contribution < -0.4 is 4.74 Å². The predicted octanol–water partition coefficient (Wildman–Crippen LogP) is 2.42. The van der Waals surface area contributed by atoms with Crippen LogP contribution >= 0.6 is 0 Å². The number of ether oxygens (including phenoxy) is 1. The SMILES string of the molecule is CC(C)CC#Cc1ccc2c(c1)O[C@@H](CN(C)C(=O)c1cnccn1)[C@H](C)CN([C@H](C)CO)S2(=O)=O.